The molecule has 3 heteroatoms. The molecule has 1 fully saturated rings. The number of benzene rings is 1. The van der Waals surface area contributed by atoms with Crippen molar-refractivity contribution >= 4 is 9.84 Å². The molecule has 0 radical (unpaired) electrons. The molecule has 1 aliphatic rings. The van der Waals surface area contributed by atoms with Gasteiger partial charge in [0.2, 0.25) is 0 Å². The van der Waals surface area contributed by atoms with Gasteiger partial charge in [0, 0.05) is 6.26 Å². The van der Waals surface area contributed by atoms with E-state index in [1.165, 1.54) is 31.1 Å². The molecule has 0 aromatic heterocycles. The van der Waals surface area contributed by atoms with Crippen LogP contribution in [0.1, 0.15) is 36.3 Å². The number of hydrogen-bond donors (Lipinski definition) is 0. The monoisotopic (exact) mass is 224 g/mol. The van der Waals surface area contributed by atoms with Gasteiger partial charge in [-0.3, -0.25) is 0 Å². The van der Waals surface area contributed by atoms with Gasteiger partial charge >= 0.3 is 0 Å². The molecule has 0 unspecified atom stereocenters. The van der Waals surface area contributed by atoms with Crippen LogP contribution in [-0.4, -0.2) is 14.7 Å². The number of rotatable bonds is 2. The zero-order valence-electron chi connectivity index (χ0n) is 9.16. The highest BCUT2D eigenvalue weighted by Crippen LogP contribution is 2.37. The van der Waals surface area contributed by atoms with E-state index < -0.39 is 9.84 Å². The first-order valence-corrected chi connectivity index (χ1v) is 7.18. The summed E-state index contributed by atoms with van der Waals surface area (Å²) in [6.45, 7) is 1.85. The Morgan fingerprint density at radius 3 is 2.40 bits per heavy atom. The van der Waals surface area contributed by atoms with Crippen LogP contribution in [0.15, 0.2) is 23.1 Å². The largest absolute Gasteiger partial charge is 0.224 e. The SMILES string of the molecule is Cc1ccc(C2CCC2)cc1S(C)(=O)=O. The Morgan fingerprint density at radius 2 is 1.93 bits per heavy atom. The van der Waals surface area contributed by atoms with Gasteiger partial charge in [-0.2, -0.15) is 0 Å². The Kier molecular flexibility index (Phi) is 2.59. The van der Waals surface area contributed by atoms with Crippen molar-refractivity contribution in [1.82, 2.24) is 0 Å². The van der Waals surface area contributed by atoms with Gasteiger partial charge in [-0.1, -0.05) is 18.6 Å². The lowest BCUT2D eigenvalue weighted by atomic mass is 9.80. The van der Waals surface area contributed by atoms with E-state index >= 15 is 0 Å². The van der Waals surface area contributed by atoms with Gasteiger partial charge in [0.05, 0.1) is 4.90 Å². The molecule has 0 N–H and O–H groups in total. The van der Waals surface area contributed by atoms with Crippen molar-refractivity contribution in [2.45, 2.75) is 37.0 Å². The minimum atomic E-state index is -3.07. The number of sulfone groups is 1. The summed E-state index contributed by atoms with van der Waals surface area (Å²) in [7, 11) is -3.07. The van der Waals surface area contributed by atoms with Gasteiger partial charge in [0.25, 0.3) is 0 Å². The standard InChI is InChI=1S/C12H16O2S/c1-9-6-7-11(10-4-3-5-10)8-12(9)15(2,13)14/h6-8,10H,3-5H2,1-2H3. The van der Waals surface area contributed by atoms with Crippen molar-refractivity contribution in [1.29, 1.82) is 0 Å². The zero-order chi connectivity index (χ0) is 11.1. The van der Waals surface area contributed by atoms with E-state index in [4.69, 9.17) is 0 Å². The quantitative estimate of drug-likeness (QED) is 0.774. The first kappa shape index (κ1) is 10.7. The summed E-state index contributed by atoms with van der Waals surface area (Å²) in [5, 5.41) is 0. The predicted molar refractivity (Wildman–Crippen MR) is 60.9 cm³/mol. The molecule has 0 atom stereocenters. The minimum Gasteiger partial charge on any atom is -0.224 e. The van der Waals surface area contributed by atoms with Gasteiger partial charge in [-0.25, -0.2) is 8.42 Å². The van der Waals surface area contributed by atoms with Crippen molar-refractivity contribution in [2.75, 3.05) is 6.26 Å². The highest BCUT2D eigenvalue weighted by atomic mass is 32.2. The third-order valence-electron chi connectivity index (χ3n) is 3.19. The fourth-order valence-corrected chi connectivity index (χ4v) is 3.01. The second kappa shape index (κ2) is 3.63. The fraction of sp³-hybridized carbons (Fsp3) is 0.500. The van der Waals surface area contributed by atoms with Crippen molar-refractivity contribution in [3.8, 4) is 0 Å². The van der Waals surface area contributed by atoms with Crippen molar-refractivity contribution in [3.63, 3.8) is 0 Å². The highest BCUT2D eigenvalue weighted by Gasteiger charge is 2.21. The molecule has 15 heavy (non-hydrogen) atoms. The maximum atomic E-state index is 11.5. The van der Waals surface area contributed by atoms with Crippen molar-refractivity contribution in [2.24, 2.45) is 0 Å². The first-order chi connectivity index (χ1) is 6.98. The molecule has 0 saturated heterocycles. The molecule has 0 aliphatic heterocycles. The summed E-state index contributed by atoms with van der Waals surface area (Å²) < 4.78 is 23.1. The molecule has 1 aromatic rings. The summed E-state index contributed by atoms with van der Waals surface area (Å²) in [6.07, 6.45) is 4.95. The fourth-order valence-electron chi connectivity index (χ4n) is 2.01. The molecule has 0 spiro atoms. The van der Waals surface area contributed by atoms with E-state index in [9.17, 15) is 8.42 Å². The predicted octanol–water partition coefficient (Wildman–Crippen LogP) is 2.67. The van der Waals surface area contributed by atoms with E-state index in [0.717, 1.165) is 5.56 Å². The van der Waals surface area contributed by atoms with E-state index in [1.807, 2.05) is 19.1 Å². The van der Waals surface area contributed by atoms with Gasteiger partial charge in [0.15, 0.2) is 9.84 Å². The van der Waals surface area contributed by atoms with Crippen LogP contribution < -0.4 is 0 Å². The molecular weight excluding hydrogens is 208 g/mol. The van der Waals surface area contributed by atoms with Crippen LogP contribution in [-0.2, 0) is 9.84 Å². The third kappa shape index (κ3) is 2.07. The van der Waals surface area contributed by atoms with Crippen LogP contribution in [0.2, 0.25) is 0 Å². The Labute approximate surface area is 91.2 Å². The summed E-state index contributed by atoms with van der Waals surface area (Å²) in [6, 6.07) is 5.84. The molecule has 2 rings (SSSR count). The Balaban J connectivity index is 2.45. The van der Waals surface area contributed by atoms with Gasteiger partial charge < -0.3 is 0 Å². The molecule has 1 aromatic carbocycles. The van der Waals surface area contributed by atoms with E-state index in [-0.39, 0.29) is 0 Å². The lowest BCUT2D eigenvalue weighted by molar-refractivity contribution is 0.419. The van der Waals surface area contributed by atoms with Gasteiger partial charge in [-0.05, 0) is 42.9 Å². The minimum absolute atomic E-state index is 0.493. The molecule has 0 bridgehead atoms. The Hall–Kier alpha value is -0.830. The summed E-state index contributed by atoms with van der Waals surface area (Å²) in [4.78, 5) is 0.493. The first-order valence-electron chi connectivity index (χ1n) is 5.29. The maximum Gasteiger partial charge on any atom is 0.175 e. The summed E-state index contributed by atoms with van der Waals surface area (Å²) >= 11 is 0. The second-order valence-electron chi connectivity index (χ2n) is 4.42. The van der Waals surface area contributed by atoms with Crippen LogP contribution in [0.5, 0.6) is 0 Å². The zero-order valence-corrected chi connectivity index (χ0v) is 9.97. The maximum absolute atomic E-state index is 11.5. The van der Waals surface area contributed by atoms with Crippen LogP contribution in [0, 0.1) is 6.92 Å². The number of aryl methyl sites for hydroxylation is 1. The number of hydrogen-bond acceptors (Lipinski definition) is 2. The smallest absolute Gasteiger partial charge is 0.175 e. The average Bonchev–Trinajstić information content (AvgIpc) is 2.03. The summed E-state index contributed by atoms with van der Waals surface area (Å²) in [5.74, 6) is 0.589. The van der Waals surface area contributed by atoms with Crippen LogP contribution in [0.3, 0.4) is 0 Å². The molecular formula is C12H16O2S. The van der Waals surface area contributed by atoms with E-state index in [1.54, 1.807) is 0 Å². The molecule has 82 valence electrons. The van der Waals surface area contributed by atoms with E-state index in [0.29, 0.717) is 10.8 Å². The van der Waals surface area contributed by atoms with Gasteiger partial charge in [0.1, 0.15) is 0 Å². The lowest BCUT2D eigenvalue weighted by Crippen LogP contribution is -2.10. The topological polar surface area (TPSA) is 34.1 Å². The average molecular weight is 224 g/mol. The van der Waals surface area contributed by atoms with E-state index in [2.05, 4.69) is 6.07 Å². The van der Waals surface area contributed by atoms with Crippen molar-refractivity contribution < 1.29 is 8.42 Å². The lowest BCUT2D eigenvalue weighted by Gasteiger charge is -2.26. The second-order valence-corrected chi connectivity index (χ2v) is 6.41. The summed E-state index contributed by atoms with van der Waals surface area (Å²) in [5.41, 5.74) is 2.04. The van der Waals surface area contributed by atoms with Gasteiger partial charge in [-0.15, -0.1) is 0 Å². The normalized spacial score (nSPS) is 17.5. The van der Waals surface area contributed by atoms with Crippen LogP contribution in [0.25, 0.3) is 0 Å². The molecule has 0 heterocycles. The highest BCUT2D eigenvalue weighted by molar-refractivity contribution is 7.90. The molecule has 1 saturated carbocycles. The Bertz CT molecular complexity index is 470. The molecule has 0 amide bonds. The third-order valence-corrected chi connectivity index (χ3v) is 4.43. The van der Waals surface area contributed by atoms with Crippen molar-refractivity contribution in [3.05, 3.63) is 29.3 Å². The molecule has 1 aliphatic carbocycles. The van der Waals surface area contributed by atoms with Crippen LogP contribution in [0.4, 0.5) is 0 Å². The molecule has 2 nitrogen and oxygen atoms in total. The van der Waals surface area contributed by atoms with Crippen LogP contribution >= 0.6 is 0 Å². The Morgan fingerprint density at radius 1 is 1.27 bits per heavy atom.